The molecule has 7 nitrogen and oxygen atoms in total. The van der Waals surface area contributed by atoms with E-state index >= 15 is 0 Å². The smallest absolute Gasteiger partial charge is 0.343 e. The maximum absolute atomic E-state index is 14.1. The zero-order valence-electron chi connectivity index (χ0n) is 19.4. The number of likely N-dealkylation sites (tertiary alicyclic amines) is 1. The Kier molecular flexibility index (Phi) is 6.83. The number of hydrogen-bond acceptors (Lipinski definition) is 4. The van der Waals surface area contributed by atoms with Gasteiger partial charge in [0, 0.05) is 11.9 Å². The van der Waals surface area contributed by atoms with Gasteiger partial charge in [0.2, 0.25) is 11.8 Å². The van der Waals surface area contributed by atoms with Gasteiger partial charge >= 0.3 is 6.18 Å². The summed E-state index contributed by atoms with van der Waals surface area (Å²) in [6, 6.07) is 6.50. The summed E-state index contributed by atoms with van der Waals surface area (Å²) in [6.45, 7) is 2.28. The van der Waals surface area contributed by atoms with Crippen LogP contribution in [0.25, 0.3) is 0 Å². The summed E-state index contributed by atoms with van der Waals surface area (Å²) in [5.41, 5.74) is 0.757. The van der Waals surface area contributed by atoms with Gasteiger partial charge in [0.25, 0.3) is 11.8 Å². The molecular formula is C25H23ClF3N3O4. The normalized spacial score (nSPS) is 21.4. The van der Waals surface area contributed by atoms with E-state index in [1.54, 1.807) is 36.4 Å². The molecule has 190 valence electrons. The van der Waals surface area contributed by atoms with Gasteiger partial charge in [-0.15, -0.1) is 0 Å². The number of fused-ring (bicyclic) bond motifs is 1. The lowest BCUT2D eigenvalue weighted by atomic mass is 10.0. The fraction of sp³-hybridized carbons (Fsp3) is 0.360. The molecule has 0 radical (unpaired) electrons. The summed E-state index contributed by atoms with van der Waals surface area (Å²) in [7, 11) is 0. The Morgan fingerprint density at radius 2 is 1.64 bits per heavy atom. The molecule has 2 aromatic carbocycles. The summed E-state index contributed by atoms with van der Waals surface area (Å²) in [5, 5.41) is 2.28. The van der Waals surface area contributed by atoms with Crippen LogP contribution in [0, 0.1) is 0 Å². The van der Waals surface area contributed by atoms with Crippen LogP contribution in [0.1, 0.15) is 59.0 Å². The zero-order chi connectivity index (χ0) is 26.4. The van der Waals surface area contributed by atoms with E-state index in [-0.39, 0.29) is 24.0 Å². The van der Waals surface area contributed by atoms with Gasteiger partial charge < -0.3 is 10.2 Å². The van der Waals surface area contributed by atoms with Crippen molar-refractivity contribution in [1.82, 2.24) is 15.1 Å². The third-order valence-electron chi connectivity index (χ3n) is 6.58. The molecule has 4 rings (SSSR count). The monoisotopic (exact) mass is 521 g/mol. The number of rotatable bonds is 5. The summed E-state index contributed by atoms with van der Waals surface area (Å²) < 4.78 is 42.2. The Morgan fingerprint density at radius 3 is 2.17 bits per heavy atom. The lowest BCUT2D eigenvalue weighted by molar-refractivity contribution is -0.176. The van der Waals surface area contributed by atoms with Crippen LogP contribution in [-0.4, -0.2) is 57.7 Å². The van der Waals surface area contributed by atoms with E-state index in [0.717, 1.165) is 16.7 Å². The summed E-state index contributed by atoms with van der Waals surface area (Å²) >= 11 is 6.11. The third-order valence-corrected chi connectivity index (χ3v) is 6.82. The van der Waals surface area contributed by atoms with Crippen molar-refractivity contribution in [3.8, 4) is 0 Å². The molecule has 1 saturated heterocycles. The maximum Gasteiger partial charge on any atom is 0.410 e. The molecule has 0 spiro atoms. The second kappa shape index (κ2) is 9.57. The van der Waals surface area contributed by atoms with Gasteiger partial charge in [-0.3, -0.25) is 24.1 Å². The molecule has 1 fully saturated rings. The van der Waals surface area contributed by atoms with Crippen LogP contribution in [0.3, 0.4) is 0 Å². The largest absolute Gasteiger partial charge is 0.410 e. The topological polar surface area (TPSA) is 86.8 Å². The van der Waals surface area contributed by atoms with E-state index in [0.29, 0.717) is 10.6 Å². The first kappa shape index (κ1) is 25.7. The summed E-state index contributed by atoms with van der Waals surface area (Å²) in [6.07, 6.45) is -4.75. The van der Waals surface area contributed by atoms with E-state index in [1.807, 2.05) is 5.32 Å². The van der Waals surface area contributed by atoms with Crippen LogP contribution in [0.2, 0.25) is 5.02 Å². The Balaban J connectivity index is 1.74. The van der Waals surface area contributed by atoms with Crippen molar-refractivity contribution in [2.75, 3.05) is 0 Å². The minimum absolute atomic E-state index is 0.0672. The highest BCUT2D eigenvalue weighted by atomic mass is 35.5. The van der Waals surface area contributed by atoms with E-state index in [1.165, 1.54) is 19.1 Å². The van der Waals surface area contributed by atoms with E-state index < -0.39 is 54.0 Å². The van der Waals surface area contributed by atoms with Crippen LogP contribution in [-0.2, 0) is 9.59 Å². The SMILES string of the molecule is CC(=O)NC([C@H]1CC[C@@H](c2cccc(Cl)c2)N1C(=O)C(C)N1C(=O)c2ccccc2C1=O)C(F)(F)F. The first-order valence-corrected chi connectivity index (χ1v) is 11.7. The minimum atomic E-state index is -4.85. The Labute approximate surface area is 210 Å². The van der Waals surface area contributed by atoms with Crippen LogP contribution >= 0.6 is 11.6 Å². The first-order chi connectivity index (χ1) is 16.9. The Morgan fingerprint density at radius 1 is 1.03 bits per heavy atom. The first-order valence-electron chi connectivity index (χ1n) is 11.3. The fourth-order valence-corrected chi connectivity index (χ4v) is 5.22. The summed E-state index contributed by atoms with van der Waals surface area (Å²) in [4.78, 5) is 53.2. The van der Waals surface area contributed by atoms with Crippen molar-refractivity contribution < 1.29 is 32.3 Å². The average molecular weight is 522 g/mol. The molecule has 36 heavy (non-hydrogen) atoms. The highest BCUT2D eigenvalue weighted by Crippen LogP contribution is 2.42. The van der Waals surface area contributed by atoms with Crippen LogP contribution in [0.4, 0.5) is 13.2 Å². The van der Waals surface area contributed by atoms with Crippen molar-refractivity contribution in [1.29, 1.82) is 0 Å². The van der Waals surface area contributed by atoms with Crippen molar-refractivity contribution in [2.45, 2.75) is 57.0 Å². The molecule has 0 aromatic heterocycles. The van der Waals surface area contributed by atoms with Gasteiger partial charge in [0.15, 0.2) is 0 Å². The lowest BCUT2D eigenvalue weighted by Crippen LogP contribution is -2.60. The van der Waals surface area contributed by atoms with Crippen LogP contribution in [0.5, 0.6) is 0 Å². The van der Waals surface area contributed by atoms with E-state index in [4.69, 9.17) is 11.6 Å². The van der Waals surface area contributed by atoms with Crippen molar-refractivity contribution in [3.05, 3.63) is 70.2 Å². The van der Waals surface area contributed by atoms with Crippen molar-refractivity contribution in [2.24, 2.45) is 0 Å². The van der Waals surface area contributed by atoms with Crippen molar-refractivity contribution in [3.63, 3.8) is 0 Å². The molecule has 0 saturated carbocycles. The summed E-state index contributed by atoms with van der Waals surface area (Å²) in [5.74, 6) is -3.12. The average Bonchev–Trinajstić information content (AvgIpc) is 3.35. The number of amides is 4. The highest BCUT2D eigenvalue weighted by Gasteiger charge is 2.54. The predicted octanol–water partition coefficient (Wildman–Crippen LogP) is 4.12. The molecule has 2 aromatic rings. The van der Waals surface area contributed by atoms with E-state index in [9.17, 15) is 32.3 Å². The molecular weight excluding hydrogens is 499 g/mol. The number of carbonyl (C=O) groups is 4. The molecule has 2 unspecified atom stereocenters. The number of benzene rings is 2. The number of halogens is 4. The standard InChI is InChI=1S/C25H23ClF3N3O4/c1-13(31-23(35)17-8-3-4-9-18(17)24(31)36)22(34)32-19(15-6-5-7-16(26)12-15)10-11-20(32)21(25(27,28)29)30-14(2)33/h3-9,12-13,19-21H,10-11H2,1-2H3,(H,30,33)/t13?,19-,20+,21?/m0/s1. The lowest BCUT2D eigenvalue weighted by Gasteiger charge is -2.38. The number of nitrogens with zero attached hydrogens (tertiary/aromatic N) is 2. The van der Waals surface area contributed by atoms with Gasteiger partial charge in [-0.1, -0.05) is 35.9 Å². The molecule has 2 aliphatic rings. The van der Waals surface area contributed by atoms with E-state index in [2.05, 4.69) is 0 Å². The molecule has 0 aliphatic carbocycles. The van der Waals surface area contributed by atoms with Gasteiger partial charge in [0.1, 0.15) is 12.1 Å². The molecule has 2 aliphatic heterocycles. The van der Waals surface area contributed by atoms with Gasteiger partial charge in [-0.05, 0) is 49.6 Å². The molecule has 2 heterocycles. The third kappa shape index (κ3) is 4.57. The number of carbonyl (C=O) groups excluding carboxylic acids is 4. The van der Waals surface area contributed by atoms with Crippen molar-refractivity contribution >= 4 is 35.2 Å². The second-order valence-corrected chi connectivity index (χ2v) is 9.32. The Bertz CT molecular complexity index is 1200. The fourth-order valence-electron chi connectivity index (χ4n) is 5.02. The Hall–Kier alpha value is -3.40. The molecule has 11 heteroatoms. The molecule has 1 N–H and O–H groups in total. The zero-order valence-corrected chi connectivity index (χ0v) is 20.1. The van der Waals surface area contributed by atoms with Gasteiger partial charge in [-0.25, -0.2) is 0 Å². The molecule has 0 bridgehead atoms. The predicted molar refractivity (Wildman–Crippen MR) is 124 cm³/mol. The number of nitrogens with one attached hydrogen (secondary N) is 1. The minimum Gasteiger partial charge on any atom is -0.343 e. The molecule has 4 atom stereocenters. The molecule has 4 amide bonds. The van der Waals surface area contributed by atoms with Crippen LogP contribution in [0.15, 0.2) is 48.5 Å². The maximum atomic E-state index is 14.1. The highest BCUT2D eigenvalue weighted by molar-refractivity contribution is 6.30. The number of hydrogen-bond donors (Lipinski definition) is 1. The quantitative estimate of drug-likeness (QED) is 0.600. The number of imide groups is 1. The second-order valence-electron chi connectivity index (χ2n) is 8.88. The van der Waals surface area contributed by atoms with Gasteiger partial charge in [0.05, 0.1) is 23.2 Å². The van der Waals surface area contributed by atoms with Gasteiger partial charge in [-0.2, -0.15) is 13.2 Å². The number of alkyl halides is 3. The van der Waals surface area contributed by atoms with Crippen LogP contribution < -0.4 is 5.32 Å².